The molecule has 1 aromatic rings. The van der Waals surface area contributed by atoms with E-state index in [1.54, 1.807) is 0 Å². The van der Waals surface area contributed by atoms with Gasteiger partial charge in [0.1, 0.15) is 0 Å². The van der Waals surface area contributed by atoms with Crippen LogP contribution in [0.25, 0.3) is 0 Å². The van der Waals surface area contributed by atoms with E-state index in [2.05, 4.69) is 68.7 Å². The smallest absolute Gasteiger partial charge is 0.0843 e. The molecule has 0 radical (unpaired) electrons. The van der Waals surface area contributed by atoms with Gasteiger partial charge in [0.25, 0.3) is 0 Å². The molecule has 3 heteroatoms. The first kappa shape index (κ1) is 13.2. The number of ether oxygens (including phenoxy) is 1. The van der Waals surface area contributed by atoms with E-state index in [-0.39, 0.29) is 0 Å². The number of hydrogen-bond donors (Lipinski definition) is 0. The number of hydrogen-bond acceptors (Lipinski definition) is 2. The molecule has 0 N–H and O–H groups in total. The first-order valence-corrected chi connectivity index (χ1v) is 10.8. The topological polar surface area (TPSA) is 12.5 Å². The highest BCUT2D eigenvalue weighted by Crippen LogP contribution is 2.38. The molecule has 1 fully saturated rings. The first-order valence-electron chi connectivity index (χ1n) is 6.32. The largest absolute Gasteiger partial charge is 0.373 e. The molecular formula is C14H22OSSi. The molecule has 0 aliphatic carbocycles. The van der Waals surface area contributed by atoms with Gasteiger partial charge in [-0.05, 0) is 18.1 Å². The molecule has 0 amide bonds. The minimum atomic E-state index is -1.17. The van der Waals surface area contributed by atoms with Crippen LogP contribution in [0.15, 0.2) is 35.2 Å². The van der Waals surface area contributed by atoms with Crippen LogP contribution in [-0.4, -0.2) is 25.7 Å². The second-order valence-electron chi connectivity index (χ2n) is 5.95. The summed E-state index contributed by atoms with van der Waals surface area (Å²) in [7, 11) is -1.17. The van der Waals surface area contributed by atoms with E-state index in [9.17, 15) is 0 Å². The van der Waals surface area contributed by atoms with Crippen molar-refractivity contribution >= 4 is 19.8 Å². The summed E-state index contributed by atoms with van der Waals surface area (Å²) in [6.45, 7) is 10.7. The van der Waals surface area contributed by atoms with E-state index in [0.717, 1.165) is 11.5 Å². The third-order valence-corrected chi connectivity index (χ3v) is 9.22. The first-order chi connectivity index (χ1) is 7.98. The van der Waals surface area contributed by atoms with Crippen LogP contribution in [0.3, 0.4) is 0 Å². The number of benzene rings is 1. The highest BCUT2D eigenvalue weighted by atomic mass is 32.2. The summed E-state index contributed by atoms with van der Waals surface area (Å²) in [4.78, 5) is 2.13. The van der Waals surface area contributed by atoms with Crippen molar-refractivity contribution in [2.45, 2.75) is 42.4 Å². The highest BCUT2D eigenvalue weighted by molar-refractivity contribution is 8.01. The standard InChI is InChI=1S/C14H22OSSi/c1-11(13-10-15-13)14(17(2,3)4)16-12-8-6-5-7-9-12/h5-9,11,13-14H,10H2,1-4H3/t11-,13-,14+/m1/s1. The molecule has 94 valence electrons. The molecule has 1 heterocycles. The maximum absolute atomic E-state index is 5.49. The Morgan fingerprint density at radius 3 is 2.29 bits per heavy atom. The Kier molecular flexibility index (Phi) is 4.01. The minimum absolute atomic E-state index is 0.517. The van der Waals surface area contributed by atoms with Crippen molar-refractivity contribution in [1.82, 2.24) is 0 Å². The van der Waals surface area contributed by atoms with Gasteiger partial charge in [-0.2, -0.15) is 0 Å². The van der Waals surface area contributed by atoms with Crippen molar-refractivity contribution < 1.29 is 4.74 Å². The molecule has 1 aliphatic rings. The maximum atomic E-state index is 5.49. The van der Waals surface area contributed by atoms with Gasteiger partial charge >= 0.3 is 0 Å². The van der Waals surface area contributed by atoms with Crippen LogP contribution in [-0.2, 0) is 4.74 Å². The summed E-state index contributed by atoms with van der Waals surface area (Å²) in [5, 5.41) is 0. The summed E-state index contributed by atoms with van der Waals surface area (Å²) >= 11 is 2.05. The number of epoxide rings is 1. The van der Waals surface area contributed by atoms with E-state index >= 15 is 0 Å². The Morgan fingerprint density at radius 2 is 1.82 bits per heavy atom. The Hall–Kier alpha value is -0.253. The lowest BCUT2D eigenvalue weighted by molar-refractivity contribution is 0.350. The SMILES string of the molecule is C[C@@H]([C@@H](Sc1ccccc1)[Si](C)(C)C)[C@H]1CO1. The summed E-state index contributed by atoms with van der Waals surface area (Å²) in [6, 6.07) is 10.8. The molecule has 1 saturated heterocycles. The Morgan fingerprint density at radius 1 is 1.24 bits per heavy atom. The fraction of sp³-hybridized carbons (Fsp3) is 0.571. The Labute approximate surface area is 110 Å². The summed E-state index contributed by atoms with van der Waals surface area (Å²) in [5.41, 5.74) is 0. The van der Waals surface area contributed by atoms with Gasteiger partial charge in [-0.15, -0.1) is 11.8 Å². The van der Waals surface area contributed by atoms with Crippen LogP contribution in [0.2, 0.25) is 19.6 Å². The molecule has 2 rings (SSSR count). The summed E-state index contributed by atoms with van der Waals surface area (Å²) in [6.07, 6.45) is 0.517. The molecule has 0 spiro atoms. The van der Waals surface area contributed by atoms with E-state index in [0.29, 0.717) is 12.0 Å². The molecular weight excluding hydrogens is 244 g/mol. The Bertz CT molecular complexity index is 356. The molecule has 0 saturated carbocycles. The predicted octanol–water partition coefficient (Wildman–Crippen LogP) is 4.06. The van der Waals surface area contributed by atoms with Crippen LogP contribution < -0.4 is 0 Å². The van der Waals surface area contributed by atoms with Crippen LogP contribution in [0, 0.1) is 5.92 Å². The third kappa shape index (κ3) is 3.60. The van der Waals surface area contributed by atoms with Crippen molar-refractivity contribution in [3.05, 3.63) is 30.3 Å². The molecule has 0 aromatic heterocycles. The maximum Gasteiger partial charge on any atom is 0.0843 e. The van der Waals surface area contributed by atoms with Gasteiger partial charge in [-0.3, -0.25) is 0 Å². The van der Waals surface area contributed by atoms with Gasteiger partial charge in [-0.1, -0.05) is 44.8 Å². The van der Waals surface area contributed by atoms with Crippen molar-refractivity contribution in [3.8, 4) is 0 Å². The fourth-order valence-electron chi connectivity index (χ4n) is 2.27. The normalized spacial score (nSPS) is 23.2. The minimum Gasteiger partial charge on any atom is -0.373 e. The zero-order valence-electron chi connectivity index (χ0n) is 11.1. The second kappa shape index (κ2) is 5.17. The molecule has 0 bridgehead atoms. The van der Waals surface area contributed by atoms with Crippen molar-refractivity contribution in [3.63, 3.8) is 0 Å². The number of thioether (sulfide) groups is 1. The lowest BCUT2D eigenvalue weighted by Gasteiger charge is -2.33. The van der Waals surface area contributed by atoms with E-state index in [1.807, 2.05) is 0 Å². The monoisotopic (exact) mass is 266 g/mol. The van der Waals surface area contributed by atoms with Crippen LogP contribution in [0.1, 0.15) is 6.92 Å². The number of rotatable bonds is 5. The average Bonchev–Trinajstić information content (AvgIpc) is 3.08. The quantitative estimate of drug-likeness (QED) is 0.453. The van der Waals surface area contributed by atoms with Crippen LogP contribution in [0.4, 0.5) is 0 Å². The van der Waals surface area contributed by atoms with Crippen LogP contribution >= 0.6 is 11.8 Å². The molecule has 1 nitrogen and oxygen atoms in total. The summed E-state index contributed by atoms with van der Waals surface area (Å²) in [5.74, 6) is 0.673. The average molecular weight is 266 g/mol. The molecule has 0 unspecified atom stereocenters. The fourth-order valence-corrected chi connectivity index (χ4v) is 6.88. The molecule has 1 aliphatic heterocycles. The van der Waals surface area contributed by atoms with E-state index in [1.165, 1.54) is 4.90 Å². The van der Waals surface area contributed by atoms with Crippen molar-refractivity contribution in [2.24, 2.45) is 5.92 Å². The zero-order valence-corrected chi connectivity index (χ0v) is 13.0. The summed E-state index contributed by atoms with van der Waals surface area (Å²) < 4.78 is 5.49. The highest BCUT2D eigenvalue weighted by Gasteiger charge is 2.41. The lowest BCUT2D eigenvalue weighted by Crippen LogP contribution is -2.42. The predicted molar refractivity (Wildman–Crippen MR) is 78.3 cm³/mol. The van der Waals surface area contributed by atoms with Gasteiger partial charge in [-0.25, -0.2) is 0 Å². The van der Waals surface area contributed by atoms with Crippen LogP contribution in [0.5, 0.6) is 0 Å². The van der Waals surface area contributed by atoms with Gasteiger partial charge < -0.3 is 4.74 Å². The van der Waals surface area contributed by atoms with Gasteiger partial charge in [0.2, 0.25) is 0 Å². The van der Waals surface area contributed by atoms with E-state index < -0.39 is 8.07 Å². The van der Waals surface area contributed by atoms with Crippen molar-refractivity contribution in [1.29, 1.82) is 0 Å². The third-order valence-electron chi connectivity index (χ3n) is 3.28. The lowest BCUT2D eigenvalue weighted by atomic mass is 10.1. The molecule has 1 aromatic carbocycles. The Balaban J connectivity index is 2.10. The van der Waals surface area contributed by atoms with Gasteiger partial charge in [0.15, 0.2) is 0 Å². The second-order valence-corrected chi connectivity index (χ2v) is 12.9. The van der Waals surface area contributed by atoms with Gasteiger partial charge in [0.05, 0.1) is 20.8 Å². The van der Waals surface area contributed by atoms with Crippen molar-refractivity contribution in [2.75, 3.05) is 6.61 Å². The molecule has 3 atom stereocenters. The van der Waals surface area contributed by atoms with E-state index in [4.69, 9.17) is 4.74 Å². The molecule has 17 heavy (non-hydrogen) atoms. The zero-order chi connectivity index (χ0) is 12.5. The van der Waals surface area contributed by atoms with Gasteiger partial charge in [0, 0.05) is 9.77 Å².